The number of nitrogens with zero attached hydrogens (tertiary/aromatic N) is 2. The van der Waals surface area contributed by atoms with Crippen LogP contribution in [0.15, 0.2) is 53.8 Å². The smallest absolute Gasteiger partial charge is 0.186 e. The quantitative estimate of drug-likeness (QED) is 0.366. The average molecular weight is 243 g/mol. The second-order valence-corrected chi connectivity index (χ2v) is 4.16. The van der Waals surface area contributed by atoms with E-state index < -0.39 is 0 Å². The zero-order valence-electron chi connectivity index (χ0n) is 10.2. The summed E-state index contributed by atoms with van der Waals surface area (Å²) in [5, 5.41) is 11.7. The van der Waals surface area contributed by atoms with Crippen LogP contribution in [-0.4, -0.2) is 15.6 Å². The Bertz CT molecular complexity index is 517. The van der Waals surface area contributed by atoms with E-state index in [1.165, 1.54) is 5.56 Å². The van der Waals surface area contributed by atoms with Gasteiger partial charge in [0.15, 0.2) is 5.84 Å². The molecule has 0 saturated carbocycles. The molecule has 0 bridgehead atoms. The predicted octanol–water partition coefficient (Wildman–Crippen LogP) is 2.22. The topological polar surface area (TPSA) is 63.5 Å². The molecule has 0 unspecified atom stereocenters. The first kappa shape index (κ1) is 12.2. The molecule has 1 aromatic carbocycles. The molecule has 0 amide bonds. The summed E-state index contributed by atoms with van der Waals surface area (Å²) in [7, 11) is 0. The van der Waals surface area contributed by atoms with E-state index in [1.54, 1.807) is 0 Å². The Morgan fingerprint density at radius 2 is 1.94 bits per heavy atom. The molecule has 4 heteroatoms. The van der Waals surface area contributed by atoms with E-state index in [1.807, 2.05) is 41.1 Å². The number of aryl methyl sites for hydroxylation is 2. The summed E-state index contributed by atoms with van der Waals surface area (Å²) < 4.78 is 2.00. The summed E-state index contributed by atoms with van der Waals surface area (Å²) in [6.45, 7) is 0.855. The summed E-state index contributed by atoms with van der Waals surface area (Å²) in [5.41, 5.74) is 7.69. The van der Waals surface area contributed by atoms with E-state index in [9.17, 15) is 0 Å². The van der Waals surface area contributed by atoms with Crippen molar-refractivity contribution in [2.75, 3.05) is 0 Å². The van der Waals surface area contributed by atoms with Crippen LogP contribution in [0, 0.1) is 0 Å². The highest BCUT2D eigenvalue weighted by Gasteiger charge is 2.05. The van der Waals surface area contributed by atoms with Crippen molar-refractivity contribution in [3.63, 3.8) is 0 Å². The van der Waals surface area contributed by atoms with Gasteiger partial charge < -0.3 is 15.5 Å². The third-order valence-electron chi connectivity index (χ3n) is 2.91. The van der Waals surface area contributed by atoms with Crippen LogP contribution in [0.3, 0.4) is 0 Å². The van der Waals surface area contributed by atoms with E-state index in [2.05, 4.69) is 17.3 Å². The van der Waals surface area contributed by atoms with Crippen molar-refractivity contribution in [2.24, 2.45) is 10.9 Å². The lowest BCUT2D eigenvalue weighted by molar-refractivity contribution is 0.318. The maximum atomic E-state index is 8.68. The minimum Gasteiger partial charge on any atom is -0.409 e. The molecule has 4 nitrogen and oxygen atoms in total. The monoisotopic (exact) mass is 243 g/mol. The third-order valence-corrected chi connectivity index (χ3v) is 2.91. The van der Waals surface area contributed by atoms with Gasteiger partial charge in [0, 0.05) is 12.7 Å². The Morgan fingerprint density at radius 3 is 2.67 bits per heavy atom. The average Bonchev–Trinajstić information content (AvgIpc) is 2.87. The van der Waals surface area contributed by atoms with Gasteiger partial charge in [-0.1, -0.05) is 35.5 Å². The van der Waals surface area contributed by atoms with Crippen LogP contribution in [-0.2, 0) is 13.0 Å². The molecule has 2 rings (SSSR count). The number of oxime groups is 1. The molecule has 1 heterocycles. The van der Waals surface area contributed by atoms with Crippen LogP contribution in [0.4, 0.5) is 0 Å². The lowest BCUT2D eigenvalue weighted by atomic mass is 10.1. The van der Waals surface area contributed by atoms with E-state index in [-0.39, 0.29) is 5.84 Å². The molecule has 0 radical (unpaired) electrons. The fourth-order valence-corrected chi connectivity index (χ4v) is 1.99. The van der Waals surface area contributed by atoms with Gasteiger partial charge in [-0.05, 0) is 30.5 Å². The second kappa shape index (κ2) is 5.91. The largest absolute Gasteiger partial charge is 0.409 e. The van der Waals surface area contributed by atoms with Crippen LogP contribution in [0.1, 0.15) is 17.7 Å². The number of hydrogen-bond donors (Lipinski definition) is 2. The van der Waals surface area contributed by atoms with Gasteiger partial charge in [0.2, 0.25) is 0 Å². The van der Waals surface area contributed by atoms with Crippen molar-refractivity contribution < 1.29 is 5.21 Å². The van der Waals surface area contributed by atoms with Crippen LogP contribution >= 0.6 is 0 Å². The van der Waals surface area contributed by atoms with Gasteiger partial charge in [0.1, 0.15) is 0 Å². The molecule has 1 aromatic heterocycles. The first-order valence-electron chi connectivity index (χ1n) is 5.98. The molecule has 0 aliphatic carbocycles. The third kappa shape index (κ3) is 2.91. The summed E-state index contributed by atoms with van der Waals surface area (Å²) in [6.07, 6.45) is 3.98. The van der Waals surface area contributed by atoms with Crippen molar-refractivity contribution in [1.82, 2.24) is 4.57 Å². The Morgan fingerprint density at radius 1 is 1.17 bits per heavy atom. The highest BCUT2D eigenvalue weighted by molar-refractivity contribution is 5.95. The maximum Gasteiger partial charge on any atom is 0.186 e. The zero-order chi connectivity index (χ0) is 12.8. The van der Waals surface area contributed by atoms with Gasteiger partial charge in [-0.15, -0.1) is 0 Å². The minimum atomic E-state index is 0.153. The molecule has 3 N–H and O–H groups in total. The van der Waals surface area contributed by atoms with Crippen molar-refractivity contribution in [3.05, 3.63) is 59.9 Å². The molecule has 2 aromatic rings. The van der Waals surface area contributed by atoms with Crippen LogP contribution in [0.2, 0.25) is 0 Å². The van der Waals surface area contributed by atoms with Gasteiger partial charge in [-0.3, -0.25) is 0 Å². The van der Waals surface area contributed by atoms with E-state index in [0.29, 0.717) is 0 Å². The molecule has 0 fully saturated rings. The molecular formula is C14H17N3O. The summed E-state index contributed by atoms with van der Waals surface area (Å²) >= 11 is 0. The fraction of sp³-hybridized carbons (Fsp3) is 0.214. The number of benzene rings is 1. The number of amidine groups is 1. The highest BCUT2D eigenvalue weighted by Crippen LogP contribution is 2.07. The SMILES string of the molecule is N/C(=N/O)c1cccn1CCCc1ccccc1. The van der Waals surface area contributed by atoms with Gasteiger partial charge >= 0.3 is 0 Å². The number of hydrogen-bond acceptors (Lipinski definition) is 2. The fourth-order valence-electron chi connectivity index (χ4n) is 1.99. The van der Waals surface area contributed by atoms with E-state index >= 15 is 0 Å². The first-order chi connectivity index (χ1) is 8.81. The van der Waals surface area contributed by atoms with E-state index in [0.717, 1.165) is 25.1 Å². The summed E-state index contributed by atoms with van der Waals surface area (Å²) in [4.78, 5) is 0. The van der Waals surface area contributed by atoms with Gasteiger partial charge in [-0.25, -0.2) is 0 Å². The minimum absolute atomic E-state index is 0.153. The van der Waals surface area contributed by atoms with Crippen molar-refractivity contribution in [2.45, 2.75) is 19.4 Å². The van der Waals surface area contributed by atoms with Gasteiger partial charge in [0.25, 0.3) is 0 Å². The van der Waals surface area contributed by atoms with Crippen molar-refractivity contribution in [3.8, 4) is 0 Å². The molecule has 94 valence electrons. The first-order valence-corrected chi connectivity index (χ1v) is 5.98. The summed E-state index contributed by atoms with van der Waals surface area (Å²) in [5.74, 6) is 0.153. The molecule has 0 saturated heterocycles. The molecule has 18 heavy (non-hydrogen) atoms. The van der Waals surface area contributed by atoms with Crippen molar-refractivity contribution >= 4 is 5.84 Å². The molecular weight excluding hydrogens is 226 g/mol. The van der Waals surface area contributed by atoms with Crippen LogP contribution in [0.5, 0.6) is 0 Å². The molecule has 0 aliphatic rings. The zero-order valence-corrected chi connectivity index (χ0v) is 10.2. The number of nitrogens with two attached hydrogens (primary N) is 1. The van der Waals surface area contributed by atoms with Crippen molar-refractivity contribution in [1.29, 1.82) is 0 Å². The highest BCUT2D eigenvalue weighted by atomic mass is 16.4. The molecule has 0 aliphatic heterocycles. The van der Waals surface area contributed by atoms with Crippen LogP contribution in [0.25, 0.3) is 0 Å². The molecule has 0 atom stereocenters. The van der Waals surface area contributed by atoms with E-state index in [4.69, 9.17) is 10.9 Å². The Balaban J connectivity index is 1.93. The maximum absolute atomic E-state index is 8.68. The molecule has 0 spiro atoms. The second-order valence-electron chi connectivity index (χ2n) is 4.16. The number of rotatable bonds is 5. The van der Waals surface area contributed by atoms with Crippen LogP contribution < -0.4 is 5.73 Å². The van der Waals surface area contributed by atoms with Gasteiger partial charge in [-0.2, -0.15) is 0 Å². The Hall–Kier alpha value is -2.23. The normalized spacial score (nSPS) is 11.7. The predicted molar refractivity (Wildman–Crippen MR) is 71.7 cm³/mol. The Labute approximate surface area is 106 Å². The Kier molecular flexibility index (Phi) is 4.02. The van der Waals surface area contributed by atoms with Gasteiger partial charge in [0.05, 0.1) is 5.69 Å². The lowest BCUT2D eigenvalue weighted by Gasteiger charge is -2.08. The summed E-state index contributed by atoms with van der Waals surface area (Å²) in [6, 6.07) is 14.1. The standard InChI is InChI=1S/C14H17N3O/c15-14(16-18)13-9-5-11-17(13)10-4-8-12-6-2-1-3-7-12/h1-3,5-7,9,11,18H,4,8,10H2,(H2,15,16). The number of aromatic nitrogens is 1. The lowest BCUT2D eigenvalue weighted by Crippen LogP contribution is -2.18.